The quantitative estimate of drug-likeness (QED) is 0.415. The number of amides is 1. The van der Waals surface area contributed by atoms with E-state index in [9.17, 15) is 9.59 Å². The number of hydrogen-bond donors (Lipinski definition) is 4. The lowest BCUT2D eigenvalue weighted by Crippen LogP contribution is -2.46. The number of carbonyl (C=O) groups excluding carboxylic acids is 2. The number of aliphatic carboxylic acids is 2. The highest BCUT2D eigenvalue weighted by atomic mass is 16.6. The zero-order valence-electron chi connectivity index (χ0n) is 15.4. The number of hydrogen-bond acceptors (Lipinski definition) is 7. The van der Waals surface area contributed by atoms with Gasteiger partial charge < -0.3 is 30.7 Å². The zero-order chi connectivity index (χ0) is 20.4. The van der Waals surface area contributed by atoms with Crippen LogP contribution in [0, 0.1) is 0 Å². The Bertz CT molecular complexity index is 465. The summed E-state index contributed by atoms with van der Waals surface area (Å²) < 4.78 is 10.3. The fourth-order valence-corrected chi connectivity index (χ4v) is 1.24. The molecule has 0 saturated heterocycles. The number of rotatable bonds is 4. The van der Waals surface area contributed by atoms with Crippen molar-refractivity contribution in [1.82, 2.24) is 5.32 Å². The lowest BCUT2D eigenvalue weighted by atomic mass is 10.1. The summed E-state index contributed by atoms with van der Waals surface area (Å²) in [6, 6.07) is -0.793. The Morgan fingerprint density at radius 1 is 0.920 bits per heavy atom. The third kappa shape index (κ3) is 16.3. The van der Waals surface area contributed by atoms with Gasteiger partial charge in [-0.1, -0.05) is 0 Å². The predicted molar refractivity (Wildman–Crippen MR) is 87.9 cm³/mol. The molecule has 0 aliphatic rings. The molecular weight excluding hydrogens is 336 g/mol. The molecule has 0 rings (SSSR count). The summed E-state index contributed by atoms with van der Waals surface area (Å²) in [5.74, 6) is -4.16. The van der Waals surface area contributed by atoms with Crippen LogP contribution in [0.2, 0.25) is 0 Å². The maximum absolute atomic E-state index is 11.9. The molecule has 1 atom stereocenters. The van der Waals surface area contributed by atoms with Crippen LogP contribution in [0.25, 0.3) is 0 Å². The number of nitrogens with one attached hydrogen (secondary N) is 1. The highest BCUT2D eigenvalue weighted by Crippen LogP contribution is 2.11. The van der Waals surface area contributed by atoms with Gasteiger partial charge in [-0.2, -0.15) is 0 Å². The first kappa shape index (κ1) is 24.9. The molecule has 146 valence electrons. The van der Waals surface area contributed by atoms with Crippen molar-refractivity contribution >= 4 is 24.0 Å². The van der Waals surface area contributed by atoms with Crippen LogP contribution in [0.1, 0.15) is 48.0 Å². The Morgan fingerprint density at radius 2 is 1.32 bits per heavy atom. The van der Waals surface area contributed by atoms with Crippen LogP contribution < -0.4 is 11.1 Å². The number of alkyl carbamates (subject to hydrolysis) is 1. The maximum Gasteiger partial charge on any atom is 0.414 e. The fraction of sp³-hybridized carbons (Fsp3) is 0.733. The van der Waals surface area contributed by atoms with Crippen LogP contribution in [0.15, 0.2) is 0 Å². The SMILES string of the molecule is CC(C)(C)OC(=O)N[C@@H](CCN)C(=O)OC(C)(C)C.O=C(O)C(=O)O. The van der Waals surface area contributed by atoms with Crippen molar-refractivity contribution in [2.24, 2.45) is 5.73 Å². The molecule has 0 aliphatic heterocycles. The molecule has 0 radical (unpaired) electrons. The molecule has 0 aromatic rings. The van der Waals surface area contributed by atoms with Gasteiger partial charge in [0.05, 0.1) is 0 Å². The van der Waals surface area contributed by atoms with E-state index in [1.807, 2.05) is 0 Å². The van der Waals surface area contributed by atoms with Gasteiger partial charge in [0.1, 0.15) is 17.2 Å². The summed E-state index contributed by atoms with van der Waals surface area (Å²) in [4.78, 5) is 41.7. The first-order chi connectivity index (χ1) is 11.1. The molecule has 0 bridgehead atoms. The largest absolute Gasteiger partial charge is 0.473 e. The predicted octanol–water partition coefficient (Wildman–Crippen LogP) is 0.726. The molecule has 0 aromatic heterocycles. The fourth-order valence-electron chi connectivity index (χ4n) is 1.24. The van der Waals surface area contributed by atoms with Gasteiger partial charge in [0, 0.05) is 0 Å². The number of carbonyl (C=O) groups is 4. The third-order valence-corrected chi connectivity index (χ3v) is 2.02. The molecule has 5 N–H and O–H groups in total. The Kier molecular flexibility index (Phi) is 10.4. The van der Waals surface area contributed by atoms with E-state index in [1.54, 1.807) is 41.5 Å². The number of carboxylic acid groups (broad SMARTS) is 2. The van der Waals surface area contributed by atoms with Gasteiger partial charge >= 0.3 is 24.0 Å². The van der Waals surface area contributed by atoms with Crippen LogP contribution in [0.5, 0.6) is 0 Å². The Labute approximate surface area is 146 Å². The van der Waals surface area contributed by atoms with Crippen molar-refractivity contribution < 1.29 is 38.9 Å². The van der Waals surface area contributed by atoms with Gasteiger partial charge in [0.25, 0.3) is 0 Å². The average Bonchev–Trinajstić information content (AvgIpc) is 2.34. The van der Waals surface area contributed by atoms with Gasteiger partial charge in [-0.05, 0) is 54.5 Å². The summed E-state index contributed by atoms with van der Waals surface area (Å²) in [6.45, 7) is 10.8. The lowest BCUT2D eigenvalue weighted by molar-refractivity contribution is -0.159. The first-order valence-electron chi connectivity index (χ1n) is 7.47. The highest BCUT2D eigenvalue weighted by Gasteiger charge is 2.27. The second-order valence-electron chi connectivity index (χ2n) is 6.92. The first-order valence-corrected chi connectivity index (χ1v) is 7.47. The second kappa shape index (κ2) is 10.5. The summed E-state index contributed by atoms with van der Waals surface area (Å²) >= 11 is 0. The number of carboxylic acids is 2. The minimum absolute atomic E-state index is 0.264. The van der Waals surface area contributed by atoms with Crippen LogP contribution in [0.4, 0.5) is 4.79 Å². The van der Waals surface area contributed by atoms with Gasteiger partial charge in [-0.3, -0.25) is 0 Å². The Morgan fingerprint density at radius 3 is 1.60 bits per heavy atom. The van der Waals surface area contributed by atoms with Crippen molar-refractivity contribution in [2.75, 3.05) is 6.54 Å². The van der Waals surface area contributed by atoms with Crippen molar-refractivity contribution in [3.63, 3.8) is 0 Å². The van der Waals surface area contributed by atoms with Crippen molar-refractivity contribution in [3.8, 4) is 0 Å². The molecule has 0 spiro atoms. The lowest BCUT2D eigenvalue weighted by Gasteiger charge is -2.26. The molecule has 10 heteroatoms. The van der Waals surface area contributed by atoms with Crippen LogP contribution in [-0.4, -0.2) is 58.0 Å². The van der Waals surface area contributed by atoms with E-state index in [2.05, 4.69) is 5.32 Å². The van der Waals surface area contributed by atoms with E-state index in [0.29, 0.717) is 6.42 Å². The molecule has 0 saturated carbocycles. The minimum Gasteiger partial charge on any atom is -0.473 e. The van der Waals surface area contributed by atoms with Crippen LogP contribution in [0.3, 0.4) is 0 Å². The van der Waals surface area contributed by atoms with E-state index in [0.717, 1.165) is 0 Å². The molecule has 0 aliphatic carbocycles. The van der Waals surface area contributed by atoms with Crippen molar-refractivity contribution in [2.45, 2.75) is 65.2 Å². The van der Waals surface area contributed by atoms with Gasteiger partial charge in [0.2, 0.25) is 0 Å². The zero-order valence-corrected chi connectivity index (χ0v) is 15.4. The molecule has 0 unspecified atom stereocenters. The maximum atomic E-state index is 11.9. The molecule has 0 aromatic carbocycles. The molecule has 10 nitrogen and oxygen atoms in total. The topological polar surface area (TPSA) is 165 Å². The van der Waals surface area contributed by atoms with Crippen LogP contribution in [-0.2, 0) is 23.9 Å². The van der Waals surface area contributed by atoms with Crippen LogP contribution >= 0.6 is 0 Å². The average molecular weight is 364 g/mol. The summed E-state index contributed by atoms with van der Waals surface area (Å²) in [7, 11) is 0. The molecule has 0 heterocycles. The van der Waals surface area contributed by atoms with Gasteiger partial charge in [-0.15, -0.1) is 0 Å². The monoisotopic (exact) mass is 364 g/mol. The highest BCUT2D eigenvalue weighted by molar-refractivity contribution is 6.27. The Hall–Kier alpha value is -2.36. The van der Waals surface area contributed by atoms with E-state index in [-0.39, 0.29) is 6.54 Å². The number of ether oxygens (including phenoxy) is 2. The molecule has 0 fully saturated rings. The summed E-state index contributed by atoms with van der Waals surface area (Å²) in [5, 5.41) is 17.3. The number of nitrogens with two attached hydrogens (primary N) is 1. The van der Waals surface area contributed by atoms with E-state index >= 15 is 0 Å². The van der Waals surface area contributed by atoms with Gasteiger partial charge in [0.15, 0.2) is 0 Å². The van der Waals surface area contributed by atoms with E-state index in [1.165, 1.54) is 0 Å². The van der Waals surface area contributed by atoms with E-state index < -0.39 is 41.2 Å². The normalized spacial score (nSPS) is 12.1. The minimum atomic E-state index is -1.82. The summed E-state index contributed by atoms with van der Waals surface area (Å²) in [6.07, 6.45) is -0.356. The standard InChI is InChI=1S/C13H26N2O4.C2H2O4/c1-12(2,3)18-10(16)9(7-8-14)15-11(17)19-13(4,5)6;3-1(4)2(5)6/h9H,7-8,14H2,1-6H3,(H,15,17);(H,3,4)(H,5,6)/t9-;/m0./s1. The molecular formula is C15H28N2O8. The van der Waals surface area contributed by atoms with E-state index in [4.69, 9.17) is 35.0 Å². The van der Waals surface area contributed by atoms with Gasteiger partial charge in [-0.25, -0.2) is 19.2 Å². The van der Waals surface area contributed by atoms with Crippen molar-refractivity contribution in [1.29, 1.82) is 0 Å². The Balaban J connectivity index is 0. The van der Waals surface area contributed by atoms with Crippen molar-refractivity contribution in [3.05, 3.63) is 0 Å². The number of esters is 1. The smallest absolute Gasteiger partial charge is 0.414 e. The third-order valence-electron chi connectivity index (χ3n) is 2.02. The molecule has 25 heavy (non-hydrogen) atoms. The molecule has 1 amide bonds. The summed E-state index contributed by atoms with van der Waals surface area (Å²) in [5.41, 5.74) is 4.20. The second-order valence-corrected chi connectivity index (χ2v) is 6.92.